The fourth-order valence-electron chi connectivity index (χ4n) is 1.87. The van der Waals surface area contributed by atoms with Gasteiger partial charge in [0, 0.05) is 9.35 Å². The molecule has 0 radical (unpaired) electrons. The number of benzene rings is 1. The summed E-state index contributed by atoms with van der Waals surface area (Å²) in [5.41, 5.74) is 8.88. The number of halogens is 1. The van der Waals surface area contributed by atoms with Gasteiger partial charge in [0.05, 0.1) is 5.69 Å². The van der Waals surface area contributed by atoms with Crippen LogP contribution in [0, 0.1) is 13.8 Å². The summed E-state index contributed by atoms with van der Waals surface area (Å²) in [7, 11) is 0. The fourth-order valence-corrected chi connectivity index (χ4v) is 3.37. The van der Waals surface area contributed by atoms with Gasteiger partial charge in [-0.15, -0.1) is 11.3 Å². The minimum atomic E-state index is -0.632. The van der Waals surface area contributed by atoms with Crippen molar-refractivity contribution < 1.29 is 4.79 Å². The zero-order valence-corrected chi connectivity index (χ0v) is 13.1. The maximum absolute atomic E-state index is 12.1. The summed E-state index contributed by atoms with van der Waals surface area (Å²) in [6, 6.07) is 7.12. The van der Waals surface area contributed by atoms with Gasteiger partial charge in [0.2, 0.25) is 5.91 Å². The predicted octanol–water partition coefficient (Wildman–Crippen LogP) is 3.77. The molecule has 0 aliphatic carbocycles. The van der Waals surface area contributed by atoms with E-state index in [1.165, 1.54) is 11.3 Å². The molecule has 2 aromatic rings. The first-order valence-corrected chi connectivity index (χ1v) is 7.53. The van der Waals surface area contributed by atoms with Crippen molar-refractivity contribution in [3.8, 4) is 0 Å². The van der Waals surface area contributed by atoms with Crippen molar-refractivity contribution >= 4 is 38.9 Å². The molecule has 5 heteroatoms. The van der Waals surface area contributed by atoms with Gasteiger partial charge in [0.1, 0.15) is 6.04 Å². The molecule has 1 amide bonds. The first-order valence-electron chi connectivity index (χ1n) is 5.85. The van der Waals surface area contributed by atoms with Crippen molar-refractivity contribution in [2.24, 2.45) is 5.73 Å². The highest BCUT2D eigenvalue weighted by atomic mass is 79.9. The number of nitrogens with one attached hydrogen (secondary N) is 1. The zero-order chi connectivity index (χ0) is 14.0. The van der Waals surface area contributed by atoms with Crippen LogP contribution in [0.2, 0.25) is 0 Å². The van der Waals surface area contributed by atoms with E-state index in [4.69, 9.17) is 5.73 Å². The minimum Gasteiger partial charge on any atom is -0.323 e. The maximum atomic E-state index is 12.1. The Morgan fingerprint density at radius 3 is 2.74 bits per heavy atom. The highest BCUT2D eigenvalue weighted by Gasteiger charge is 2.18. The lowest BCUT2D eigenvalue weighted by molar-refractivity contribution is -0.117. The van der Waals surface area contributed by atoms with E-state index < -0.39 is 6.04 Å². The highest BCUT2D eigenvalue weighted by molar-refractivity contribution is 9.10. The zero-order valence-electron chi connectivity index (χ0n) is 10.7. The summed E-state index contributed by atoms with van der Waals surface area (Å²) in [4.78, 5) is 13.0. The third-order valence-electron chi connectivity index (χ3n) is 2.81. The van der Waals surface area contributed by atoms with Crippen molar-refractivity contribution in [2.45, 2.75) is 19.9 Å². The third kappa shape index (κ3) is 3.23. The highest BCUT2D eigenvalue weighted by Crippen LogP contribution is 2.29. The van der Waals surface area contributed by atoms with Crippen LogP contribution in [0.3, 0.4) is 0 Å². The number of carbonyl (C=O) groups excluding carboxylic acids is 1. The lowest BCUT2D eigenvalue weighted by Crippen LogP contribution is -2.27. The van der Waals surface area contributed by atoms with Crippen LogP contribution in [0.15, 0.2) is 34.1 Å². The molecule has 0 aliphatic rings. The van der Waals surface area contributed by atoms with Gasteiger partial charge in [-0.05, 0) is 58.4 Å². The van der Waals surface area contributed by atoms with Crippen LogP contribution < -0.4 is 11.1 Å². The number of hydrogen-bond donors (Lipinski definition) is 2. The molecule has 1 aromatic carbocycles. The Balaban J connectivity index is 2.20. The maximum Gasteiger partial charge on any atom is 0.246 e. The summed E-state index contributed by atoms with van der Waals surface area (Å²) >= 11 is 4.95. The molecular formula is C14H15BrN2OS. The van der Waals surface area contributed by atoms with E-state index in [9.17, 15) is 4.79 Å². The van der Waals surface area contributed by atoms with Gasteiger partial charge in [-0.2, -0.15) is 0 Å². The fraction of sp³-hybridized carbons (Fsp3) is 0.214. The first kappa shape index (κ1) is 14.2. The lowest BCUT2D eigenvalue weighted by atomic mass is 10.1. The molecule has 0 fully saturated rings. The van der Waals surface area contributed by atoms with E-state index in [1.54, 1.807) is 0 Å². The van der Waals surface area contributed by atoms with Gasteiger partial charge in [0.15, 0.2) is 0 Å². The second-order valence-corrected chi connectivity index (χ2v) is 6.25. The summed E-state index contributed by atoms with van der Waals surface area (Å²) in [5, 5.41) is 4.80. The van der Waals surface area contributed by atoms with E-state index in [0.29, 0.717) is 0 Å². The van der Waals surface area contributed by atoms with E-state index >= 15 is 0 Å². The molecule has 1 unspecified atom stereocenters. The third-order valence-corrected chi connectivity index (χ3v) is 4.39. The largest absolute Gasteiger partial charge is 0.323 e. The molecular weight excluding hydrogens is 324 g/mol. The Morgan fingerprint density at radius 1 is 1.42 bits per heavy atom. The topological polar surface area (TPSA) is 55.1 Å². The number of amides is 1. The van der Waals surface area contributed by atoms with Gasteiger partial charge >= 0.3 is 0 Å². The van der Waals surface area contributed by atoms with Gasteiger partial charge in [0.25, 0.3) is 0 Å². The van der Waals surface area contributed by atoms with Crippen LogP contribution in [-0.4, -0.2) is 5.91 Å². The number of anilines is 1. The SMILES string of the molecule is Cc1cc(C)c(NC(=O)C(N)c2cccs2)c(Br)c1. The van der Waals surface area contributed by atoms with Crippen molar-refractivity contribution in [1.29, 1.82) is 0 Å². The van der Waals surface area contributed by atoms with Crippen molar-refractivity contribution in [1.82, 2.24) is 0 Å². The first-order chi connectivity index (χ1) is 8.99. The number of nitrogens with two attached hydrogens (primary N) is 1. The van der Waals surface area contributed by atoms with Crippen LogP contribution >= 0.6 is 27.3 Å². The van der Waals surface area contributed by atoms with Gasteiger partial charge in [-0.25, -0.2) is 0 Å². The summed E-state index contributed by atoms with van der Waals surface area (Å²) in [5.74, 6) is -0.199. The molecule has 0 spiro atoms. The van der Waals surface area contributed by atoms with E-state index in [0.717, 1.165) is 26.2 Å². The molecule has 3 N–H and O–H groups in total. The van der Waals surface area contributed by atoms with E-state index in [-0.39, 0.29) is 5.91 Å². The Bertz CT molecular complexity index is 572. The van der Waals surface area contributed by atoms with Gasteiger partial charge < -0.3 is 11.1 Å². The van der Waals surface area contributed by atoms with Gasteiger partial charge in [-0.3, -0.25) is 4.79 Å². The summed E-state index contributed by atoms with van der Waals surface area (Å²) in [6.45, 7) is 3.98. The molecule has 0 aliphatic heterocycles. The Hall–Kier alpha value is -1.17. The number of hydrogen-bond acceptors (Lipinski definition) is 3. The standard InChI is InChI=1S/C14H15BrN2OS/c1-8-6-9(2)13(10(15)7-8)17-14(18)12(16)11-4-3-5-19-11/h3-7,12H,16H2,1-2H3,(H,17,18). The molecule has 19 heavy (non-hydrogen) atoms. The monoisotopic (exact) mass is 338 g/mol. The quantitative estimate of drug-likeness (QED) is 0.894. The second-order valence-electron chi connectivity index (χ2n) is 4.42. The Labute approximate surface area is 125 Å². The van der Waals surface area contributed by atoms with Crippen LogP contribution in [0.4, 0.5) is 5.69 Å². The molecule has 1 heterocycles. The molecule has 2 rings (SSSR count). The normalized spacial score (nSPS) is 12.2. The average Bonchev–Trinajstić information content (AvgIpc) is 2.86. The van der Waals surface area contributed by atoms with Crippen molar-refractivity contribution in [3.63, 3.8) is 0 Å². The average molecular weight is 339 g/mol. The number of thiophene rings is 1. The molecule has 100 valence electrons. The predicted molar refractivity (Wildman–Crippen MR) is 83.5 cm³/mol. The van der Waals surface area contributed by atoms with E-state index in [2.05, 4.69) is 21.2 Å². The van der Waals surface area contributed by atoms with Gasteiger partial charge in [-0.1, -0.05) is 12.1 Å². The van der Waals surface area contributed by atoms with Crippen molar-refractivity contribution in [2.75, 3.05) is 5.32 Å². The van der Waals surface area contributed by atoms with E-state index in [1.807, 2.05) is 43.5 Å². The molecule has 1 atom stereocenters. The number of rotatable bonds is 3. The minimum absolute atomic E-state index is 0.199. The summed E-state index contributed by atoms with van der Waals surface area (Å²) in [6.07, 6.45) is 0. The van der Waals surface area contributed by atoms with Crippen molar-refractivity contribution in [3.05, 3.63) is 50.1 Å². The smallest absolute Gasteiger partial charge is 0.246 e. The molecule has 0 saturated carbocycles. The van der Waals surface area contributed by atoms with Crippen LogP contribution in [0.5, 0.6) is 0 Å². The molecule has 3 nitrogen and oxygen atoms in total. The van der Waals surface area contributed by atoms with Crippen LogP contribution in [0.25, 0.3) is 0 Å². The Kier molecular flexibility index (Phi) is 4.39. The molecule has 0 saturated heterocycles. The number of carbonyl (C=O) groups is 1. The molecule has 1 aromatic heterocycles. The van der Waals surface area contributed by atoms with Crippen LogP contribution in [0.1, 0.15) is 22.0 Å². The van der Waals surface area contributed by atoms with Crippen LogP contribution in [-0.2, 0) is 4.79 Å². The summed E-state index contributed by atoms with van der Waals surface area (Å²) < 4.78 is 0.872. The lowest BCUT2D eigenvalue weighted by Gasteiger charge is -2.14. The second kappa shape index (κ2) is 5.86. The Morgan fingerprint density at radius 2 is 2.16 bits per heavy atom. The molecule has 0 bridgehead atoms. The number of aryl methyl sites for hydroxylation is 2.